The van der Waals surface area contributed by atoms with Crippen LogP contribution in [0.5, 0.6) is 0 Å². The molecule has 2 heteroatoms. The second-order valence-corrected chi connectivity index (χ2v) is 7.62. The lowest BCUT2D eigenvalue weighted by atomic mass is 10.0. The van der Waals surface area contributed by atoms with Gasteiger partial charge in [0.15, 0.2) is 0 Å². The van der Waals surface area contributed by atoms with Crippen LogP contribution in [0.3, 0.4) is 0 Å². The highest BCUT2D eigenvalue weighted by Gasteiger charge is 2.18. The lowest BCUT2D eigenvalue weighted by Crippen LogP contribution is -2.46. The first-order valence-electron chi connectivity index (χ1n) is 9.88. The number of benzene rings is 3. The standard InChI is InChI=1S/C25H28N2/c1-20-11-12-25(21(2)17-20)27-15-13-26(14-16-27)19-22-7-6-10-24(18-22)23-8-4-3-5-9-23/h3-12,17-18H,13-16,19H2,1-2H3. The molecule has 1 saturated heterocycles. The summed E-state index contributed by atoms with van der Waals surface area (Å²) in [5.74, 6) is 0. The molecule has 0 N–H and O–H groups in total. The van der Waals surface area contributed by atoms with Gasteiger partial charge in [-0.05, 0) is 48.2 Å². The van der Waals surface area contributed by atoms with E-state index in [1.54, 1.807) is 0 Å². The normalized spacial score (nSPS) is 15.1. The lowest BCUT2D eigenvalue weighted by molar-refractivity contribution is 0.250. The van der Waals surface area contributed by atoms with Crippen LogP contribution in [0.15, 0.2) is 72.8 Å². The number of nitrogens with zero attached hydrogens (tertiary/aromatic N) is 2. The number of hydrogen-bond donors (Lipinski definition) is 0. The van der Waals surface area contributed by atoms with Gasteiger partial charge in [0.1, 0.15) is 0 Å². The Hall–Kier alpha value is -2.58. The molecule has 27 heavy (non-hydrogen) atoms. The third-order valence-electron chi connectivity index (χ3n) is 5.51. The summed E-state index contributed by atoms with van der Waals surface area (Å²) in [6.45, 7) is 9.85. The number of anilines is 1. The van der Waals surface area contributed by atoms with Crippen molar-refractivity contribution in [3.63, 3.8) is 0 Å². The Morgan fingerprint density at radius 1 is 0.704 bits per heavy atom. The van der Waals surface area contributed by atoms with Gasteiger partial charge in [-0.15, -0.1) is 0 Å². The molecule has 0 amide bonds. The highest BCUT2D eigenvalue weighted by Crippen LogP contribution is 2.24. The van der Waals surface area contributed by atoms with Crippen LogP contribution in [-0.4, -0.2) is 31.1 Å². The highest BCUT2D eigenvalue weighted by molar-refractivity contribution is 5.64. The maximum Gasteiger partial charge on any atom is 0.0396 e. The van der Waals surface area contributed by atoms with E-state index in [4.69, 9.17) is 0 Å². The van der Waals surface area contributed by atoms with Gasteiger partial charge in [-0.2, -0.15) is 0 Å². The Kier molecular flexibility index (Phi) is 5.26. The van der Waals surface area contributed by atoms with Crippen molar-refractivity contribution in [3.8, 4) is 11.1 Å². The Morgan fingerprint density at radius 2 is 1.44 bits per heavy atom. The van der Waals surface area contributed by atoms with Crippen LogP contribution in [0.2, 0.25) is 0 Å². The Labute approximate surface area is 163 Å². The summed E-state index contributed by atoms with van der Waals surface area (Å²) in [6.07, 6.45) is 0. The molecule has 2 nitrogen and oxygen atoms in total. The van der Waals surface area contributed by atoms with Crippen molar-refractivity contribution in [1.82, 2.24) is 4.90 Å². The summed E-state index contributed by atoms with van der Waals surface area (Å²) in [5.41, 5.74) is 8.12. The second-order valence-electron chi connectivity index (χ2n) is 7.62. The van der Waals surface area contributed by atoms with Gasteiger partial charge in [0.25, 0.3) is 0 Å². The molecule has 0 unspecified atom stereocenters. The van der Waals surface area contributed by atoms with E-state index < -0.39 is 0 Å². The molecule has 1 heterocycles. The first-order valence-corrected chi connectivity index (χ1v) is 9.88. The van der Waals surface area contributed by atoms with E-state index in [2.05, 4.69) is 96.4 Å². The predicted octanol–water partition coefficient (Wildman–Crippen LogP) is 5.29. The van der Waals surface area contributed by atoms with Crippen LogP contribution in [-0.2, 0) is 6.54 Å². The summed E-state index contributed by atoms with van der Waals surface area (Å²) in [5, 5.41) is 0. The van der Waals surface area contributed by atoms with Gasteiger partial charge < -0.3 is 4.90 Å². The molecule has 0 radical (unpaired) electrons. The monoisotopic (exact) mass is 356 g/mol. The van der Waals surface area contributed by atoms with Crippen molar-refractivity contribution in [2.75, 3.05) is 31.1 Å². The largest absolute Gasteiger partial charge is 0.369 e. The fourth-order valence-corrected chi connectivity index (χ4v) is 4.05. The molecule has 1 aliphatic heterocycles. The van der Waals surface area contributed by atoms with Crippen LogP contribution >= 0.6 is 0 Å². The van der Waals surface area contributed by atoms with Gasteiger partial charge in [0, 0.05) is 38.4 Å². The molecule has 3 aromatic rings. The van der Waals surface area contributed by atoms with Crippen molar-refractivity contribution < 1.29 is 0 Å². The van der Waals surface area contributed by atoms with Crippen molar-refractivity contribution in [2.24, 2.45) is 0 Å². The van der Waals surface area contributed by atoms with Crippen LogP contribution in [0, 0.1) is 13.8 Å². The summed E-state index contributed by atoms with van der Waals surface area (Å²) < 4.78 is 0. The molecule has 0 bridgehead atoms. The summed E-state index contributed by atoms with van der Waals surface area (Å²) >= 11 is 0. The highest BCUT2D eigenvalue weighted by atomic mass is 15.3. The Morgan fingerprint density at radius 3 is 2.19 bits per heavy atom. The molecule has 1 fully saturated rings. The molecule has 4 rings (SSSR count). The minimum atomic E-state index is 1.03. The molecule has 0 aromatic heterocycles. The molecule has 1 aliphatic rings. The summed E-state index contributed by atoms with van der Waals surface area (Å²) in [4.78, 5) is 5.11. The minimum Gasteiger partial charge on any atom is -0.369 e. The molecule has 138 valence electrons. The number of aryl methyl sites for hydroxylation is 2. The lowest BCUT2D eigenvalue weighted by Gasteiger charge is -2.37. The number of piperazine rings is 1. The molecule has 0 saturated carbocycles. The first-order chi connectivity index (χ1) is 13.2. The van der Waals surface area contributed by atoms with Gasteiger partial charge >= 0.3 is 0 Å². The summed E-state index contributed by atoms with van der Waals surface area (Å²) in [6, 6.07) is 26.4. The zero-order chi connectivity index (χ0) is 18.6. The van der Waals surface area contributed by atoms with Crippen LogP contribution in [0.1, 0.15) is 16.7 Å². The fourth-order valence-electron chi connectivity index (χ4n) is 4.05. The minimum absolute atomic E-state index is 1.03. The van der Waals surface area contributed by atoms with E-state index in [0.717, 1.165) is 32.7 Å². The average molecular weight is 357 g/mol. The van der Waals surface area contributed by atoms with E-state index >= 15 is 0 Å². The molecular weight excluding hydrogens is 328 g/mol. The maximum absolute atomic E-state index is 2.57. The van der Waals surface area contributed by atoms with E-state index in [1.165, 1.54) is 33.5 Å². The van der Waals surface area contributed by atoms with Crippen molar-refractivity contribution >= 4 is 5.69 Å². The second kappa shape index (κ2) is 7.98. The van der Waals surface area contributed by atoms with Gasteiger partial charge in [-0.3, -0.25) is 4.90 Å². The molecule has 0 aliphatic carbocycles. The van der Waals surface area contributed by atoms with Gasteiger partial charge in [-0.25, -0.2) is 0 Å². The molecule has 0 spiro atoms. The third kappa shape index (κ3) is 4.23. The van der Waals surface area contributed by atoms with E-state index in [0.29, 0.717) is 0 Å². The Balaban J connectivity index is 1.39. The topological polar surface area (TPSA) is 6.48 Å². The zero-order valence-corrected chi connectivity index (χ0v) is 16.4. The van der Waals surface area contributed by atoms with Crippen molar-refractivity contribution in [1.29, 1.82) is 0 Å². The zero-order valence-electron chi connectivity index (χ0n) is 16.4. The molecular formula is C25H28N2. The average Bonchev–Trinajstić information content (AvgIpc) is 2.70. The van der Waals surface area contributed by atoms with Crippen molar-refractivity contribution in [2.45, 2.75) is 20.4 Å². The summed E-state index contributed by atoms with van der Waals surface area (Å²) in [7, 11) is 0. The SMILES string of the molecule is Cc1ccc(N2CCN(Cc3cccc(-c4ccccc4)c3)CC2)c(C)c1. The quantitative estimate of drug-likeness (QED) is 0.626. The van der Waals surface area contributed by atoms with Crippen LogP contribution in [0.25, 0.3) is 11.1 Å². The van der Waals surface area contributed by atoms with Crippen LogP contribution < -0.4 is 4.90 Å². The third-order valence-corrected chi connectivity index (χ3v) is 5.51. The van der Waals surface area contributed by atoms with Gasteiger partial charge in [0.05, 0.1) is 0 Å². The van der Waals surface area contributed by atoms with E-state index in [9.17, 15) is 0 Å². The van der Waals surface area contributed by atoms with Gasteiger partial charge in [-0.1, -0.05) is 66.2 Å². The smallest absolute Gasteiger partial charge is 0.0396 e. The Bertz CT molecular complexity index is 893. The fraction of sp³-hybridized carbons (Fsp3) is 0.280. The number of rotatable bonds is 4. The van der Waals surface area contributed by atoms with E-state index in [1.807, 2.05) is 0 Å². The van der Waals surface area contributed by atoms with Crippen LogP contribution in [0.4, 0.5) is 5.69 Å². The molecule has 0 atom stereocenters. The predicted molar refractivity (Wildman–Crippen MR) is 115 cm³/mol. The van der Waals surface area contributed by atoms with Gasteiger partial charge in [0.2, 0.25) is 0 Å². The first kappa shape index (κ1) is 17.8. The molecule has 3 aromatic carbocycles. The van der Waals surface area contributed by atoms with E-state index in [-0.39, 0.29) is 0 Å². The maximum atomic E-state index is 2.57. The van der Waals surface area contributed by atoms with Crippen molar-refractivity contribution in [3.05, 3.63) is 89.5 Å². The number of hydrogen-bond acceptors (Lipinski definition) is 2.